The molecule has 0 nitrogen and oxygen atoms in total. The van der Waals surface area contributed by atoms with E-state index in [1.165, 1.54) is 12.8 Å². The highest BCUT2D eigenvalue weighted by Crippen LogP contribution is 2.04. The van der Waals surface area contributed by atoms with Gasteiger partial charge in [-0.1, -0.05) is 39.8 Å². The van der Waals surface area contributed by atoms with Crippen LogP contribution < -0.4 is 0 Å². The molecule has 1 radical (unpaired) electrons. The fourth-order valence-corrected chi connectivity index (χ4v) is 0.749. The van der Waals surface area contributed by atoms with Crippen molar-refractivity contribution in [2.24, 2.45) is 11.8 Å². The van der Waals surface area contributed by atoms with Gasteiger partial charge in [0.05, 0.1) is 0 Å². The summed E-state index contributed by atoms with van der Waals surface area (Å²) in [7, 11) is 0. The van der Waals surface area contributed by atoms with E-state index in [-0.39, 0.29) is 0 Å². The summed E-state index contributed by atoms with van der Waals surface area (Å²) >= 11 is 0. The monoisotopic (exact) mass is 139 g/mol. The molecule has 0 bridgehead atoms. The van der Waals surface area contributed by atoms with Crippen LogP contribution >= 0.6 is 0 Å². The molecule has 0 fully saturated rings. The molecule has 0 N–H and O–H groups in total. The van der Waals surface area contributed by atoms with Crippen molar-refractivity contribution >= 4 is 0 Å². The van der Waals surface area contributed by atoms with Crippen LogP contribution in [0.4, 0.5) is 0 Å². The van der Waals surface area contributed by atoms with Crippen LogP contribution in [-0.4, -0.2) is 0 Å². The van der Waals surface area contributed by atoms with E-state index < -0.39 is 0 Å². The molecule has 0 saturated heterocycles. The van der Waals surface area contributed by atoms with Crippen LogP contribution in [0, 0.1) is 18.8 Å². The van der Waals surface area contributed by atoms with Crippen molar-refractivity contribution in [1.29, 1.82) is 0 Å². The van der Waals surface area contributed by atoms with Gasteiger partial charge in [0.15, 0.2) is 0 Å². The van der Waals surface area contributed by atoms with E-state index in [9.17, 15) is 0 Å². The zero-order valence-corrected chi connectivity index (χ0v) is 7.43. The van der Waals surface area contributed by atoms with E-state index >= 15 is 0 Å². The predicted molar refractivity (Wildman–Crippen MR) is 47.7 cm³/mol. The fraction of sp³-hybridized carbons (Fsp3) is 0.700. The van der Waals surface area contributed by atoms with Crippen molar-refractivity contribution in [2.45, 2.75) is 33.6 Å². The molecule has 0 saturated carbocycles. The summed E-state index contributed by atoms with van der Waals surface area (Å²) in [6.45, 7) is 10.5. The lowest BCUT2D eigenvalue weighted by Gasteiger charge is -1.99. The third-order valence-corrected chi connectivity index (χ3v) is 1.35. The summed E-state index contributed by atoms with van der Waals surface area (Å²) in [6.07, 6.45) is 6.90. The van der Waals surface area contributed by atoms with Gasteiger partial charge in [-0.05, 0) is 24.7 Å². The molecular weight excluding hydrogens is 120 g/mol. The van der Waals surface area contributed by atoms with Gasteiger partial charge >= 0.3 is 0 Å². The second-order valence-electron chi connectivity index (χ2n) is 3.35. The summed E-state index contributed by atoms with van der Waals surface area (Å²) in [5.41, 5.74) is 0. The van der Waals surface area contributed by atoms with E-state index in [2.05, 4.69) is 39.8 Å². The van der Waals surface area contributed by atoms with Gasteiger partial charge in [0.1, 0.15) is 0 Å². The van der Waals surface area contributed by atoms with Crippen molar-refractivity contribution < 1.29 is 0 Å². The Labute approximate surface area is 65.3 Å². The third kappa shape index (κ3) is 7.74. The Kier molecular flexibility index (Phi) is 5.38. The molecule has 0 aliphatic heterocycles. The Hall–Kier alpha value is -0.260. The molecule has 0 amide bonds. The van der Waals surface area contributed by atoms with Gasteiger partial charge in [-0.25, -0.2) is 0 Å². The average Bonchev–Trinajstić information content (AvgIpc) is 1.79. The Bertz CT molecular complexity index is 88.2. The number of hydrogen-bond donors (Lipinski definition) is 0. The number of hydrogen-bond acceptors (Lipinski definition) is 0. The highest BCUT2D eigenvalue weighted by atomic mass is 14.0. The lowest BCUT2D eigenvalue weighted by atomic mass is 10.1. The summed E-state index contributed by atoms with van der Waals surface area (Å²) in [5.74, 6) is 1.29. The van der Waals surface area contributed by atoms with Crippen LogP contribution in [0.2, 0.25) is 0 Å². The molecule has 1 atom stereocenters. The van der Waals surface area contributed by atoms with Gasteiger partial charge in [-0.2, -0.15) is 0 Å². The summed E-state index contributed by atoms with van der Waals surface area (Å²) in [5, 5.41) is 0. The number of rotatable bonds is 4. The summed E-state index contributed by atoms with van der Waals surface area (Å²) in [6, 6.07) is 0. The highest BCUT2D eigenvalue weighted by molar-refractivity contribution is 4.84. The quantitative estimate of drug-likeness (QED) is 0.523. The first-order chi connectivity index (χ1) is 4.63. The summed E-state index contributed by atoms with van der Waals surface area (Å²) in [4.78, 5) is 0. The van der Waals surface area contributed by atoms with Gasteiger partial charge in [0.2, 0.25) is 0 Å². The van der Waals surface area contributed by atoms with Crippen molar-refractivity contribution in [1.82, 2.24) is 0 Å². The van der Waals surface area contributed by atoms with Crippen LogP contribution in [0.15, 0.2) is 12.2 Å². The van der Waals surface area contributed by atoms with Gasteiger partial charge in [0, 0.05) is 0 Å². The Morgan fingerprint density at radius 3 is 2.30 bits per heavy atom. The molecule has 0 heteroatoms. The molecule has 0 heterocycles. The van der Waals surface area contributed by atoms with Crippen LogP contribution in [0.1, 0.15) is 33.6 Å². The zero-order chi connectivity index (χ0) is 7.98. The maximum Gasteiger partial charge on any atom is -0.0290 e. The largest absolute Gasteiger partial charge is 0.0883 e. The van der Waals surface area contributed by atoms with Gasteiger partial charge in [-0.15, -0.1) is 0 Å². The smallest absolute Gasteiger partial charge is 0.0290 e. The maximum absolute atomic E-state index is 3.92. The lowest BCUT2D eigenvalue weighted by molar-refractivity contribution is 0.651. The molecule has 0 spiro atoms. The minimum Gasteiger partial charge on any atom is -0.0883 e. The van der Waals surface area contributed by atoms with Crippen molar-refractivity contribution in [3.8, 4) is 0 Å². The standard InChI is InChI=1S/C10H19/c1-9(2)7-5-6-8-10(3)4/h6,8-10H,1,5,7H2,2-4H3/b8-6+. The Balaban J connectivity index is 3.19. The summed E-state index contributed by atoms with van der Waals surface area (Å²) < 4.78 is 0. The number of allylic oxidation sites excluding steroid dienone is 2. The Morgan fingerprint density at radius 2 is 1.90 bits per heavy atom. The molecule has 0 aromatic heterocycles. The minimum atomic E-state index is 0.594. The first-order valence-corrected chi connectivity index (χ1v) is 4.12. The first kappa shape index (κ1) is 9.74. The maximum atomic E-state index is 3.92. The lowest BCUT2D eigenvalue weighted by Crippen LogP contribution is -1.85. The molecule has 0 rings (SSSR count). The van der Waals surface area contributed by atoms with Crippen LogP contribution in [0.3, 0.4) is 0 Å². The second-order valence-corrected chi connectivity index (χ2v) is 3.35. The molecule has 59 valence electrons. The van der Waals surface area contributed by atoms with E-state index in [1.54, 1.807) is 0 Å². The van der Waals surface area contributed by atoms with Gasteiger partial charge in [-0.3, -0.25) is 0 Å². The zero-order valence-electron chi connectivity index (χ0n) is 7.43. The van der Waals surface area contributed by atoms with Crippen LogP contribution in [0.25, 0.3) is 0 Å². The fourth-order valence-electron chi connectivity index (χ4n) is 0.749. The molecule has 0 aromatic carbocycles. The van der Waals surface area contributed by atoms with Crippen LogP contribution in [-0.2, 0) is 0 Å². The van der Waals surface area contributed by atoms with Crippen molar-refractivity contribution in [3.05, 3.63) is 19.1 Å². The van der Waals surface area contributed by atoms with Crippen LogP contribution in [0.5, 0.6) is 0 Å². The predicted octanol–water partition coefficient (Wildman–Crippen LogP) is 3.45. The van der Waals surface area contributed by atoms with E-state index in [1.807, 2.05) is 0 Å². The molecule has 0 aliphatic rings. The van der Waals surface area contributed by atoms with E-state index in [0.29, 0.717) is 11.8 Å². The first-order valence-electron chi connectivity index (χ1n) is 4.12. The molecule has 10 heavy (non-hydrogen) atoms. The highest BCUT2D eigenvalue weighted by Gasteiger charge is 1.89. The normalized spacial score (nSPS) is 12.2. The average molecular weight is 139 g/mol. The van der Waals surface area contributed by atoms with Gasteiger partial charge < -0.3 is 0 Å². The molecule has 0 aliphatic carbocycles. The molecule has 0 aromatic rings. The van der Waals surface area contributed by atoms with Crippen molar-refractivity contribution in [2.75, 3.05) is 0 Å². The molecular formula is C10H19. The topological polar surface area (TPSA) is 0 Å². The Morgan fingerprint density at radius 1 is 1.30 bits per heavy atom. The molecule has 1 unspecified atom stereocenters. The second kappa shape index (κ2) is 5.52. The SMILES string of the molecule is [CH2]C(C)CC/C=C/C(C)C. The van der Waals surface area contributed by atoms with Gasteiger partial charge in [0.25, 0.3) is 0 Å². The van der Waals surface area contributed by atoms with Crippen molar-refractivity contribution in [3.63, 3.8) is 0 Å². The minimum absolute atomic E-state index is 0.594. The third-order valence-electron chi connectivity index (χ3n) is 1.35. The van der Waals surface area contributed by atoms with E-state index in [4.69, 9.17) is 0 Å². The van der Waals surface area contributed by atoms with E-state index in [0.717, 1.165) is 0 Å².